The van der Waals surface area contributed by atoms with Crippen LogP contribution >= 0.6 is 12.4 Å². The maximum Gasteiger partial charge on any atom is 0.248 e. The topological polar surface area (TPSA) is 127 Å². The molecule has 0 heterocycles. The van der Waals surface area contributed by atoms with E-state index in [1.54, 1.807) is 12.1 Å². The van der Waals surface area contributed by atoms with E-state index in [1.165, 1.54) is 12.1 Å². The van der Waals surface area contributed by atoms with E-state index in [9.17, 15) is 14.4 Å². The average molecular weight is 329 g/mol. The Morgan fingerprint density at radius 1 is 1.14 bits per heavy atom. The molecule has 22 heavy (non-hydrogen) atoms. The van der Waals surface area contributed by atoms with Crippen LogP contribution in [0.25, 0.3) is 0 Å². The summed E-state index contributed by atoms with van der Waals surface area (Å²) in [5.74, 6) is -1.30. The standard InChI is InChI=1S/C14H20N4O3.ClH/c1-8(2)12(15)14(21)17-7-11(19)18-10-5-3-9(4-6-10)13(16)20;/h3-6,8,12H,7,15H2,1-2H3,(H2,16,20)(H,17,21)(H,18,19);1H/t12-;/m0./s1. The van der Waals surface area contributed by atoms with Gasteiger partial charge in [-0.05, 0) is 30.2 Å². The molecule has 0 aliphatic rings. The van der Waals surface area contributed by atoms with Gasteiger partial charge in [0, 0.05) is 11.3 Å². The summed E-state index contributed by atoms with van der Waals surface area (Å²) in [5, 5.41) is 5.05. The molecule has 1 rings (SSSR count). The molecule has 1 aromatic rings. The fraction of sp³-hybridized carbons (Fsp3) is 0.357. The summed E-state index contributed by atoms with van der Waals surface area (Å²) in [6, 6.07) is 5.48. The smallest absolute Gasteiger partial charge is 0.248 e. The van der Waals surface area contributed by atoms with Gasteiger partial charge in [0.25, 0.3) is 0 Å². The van der Waals surface area contributed by atoms with Crippen LogP contribution < -0.4 is 22.1 Å². The van der Waals surface area contributed by atoms with Gasteiger partial charge in [-0.2, -0.15) is 0 Å². The van der Waals surface area contributed by atoms with Gasteiger partial charge in [-0.25, -0.2) is 0 Å². The zero-order chi connectivity index (χ0) is 16.0. The van der Waals surface area contributed by atoms with E-state index < -0.39 is 11.9 Å². The maximum atomic E-state index is 11.7. The molecule has 0 aliphatic carbocycles. The largest absolute Gasteiger partial charge is 0.366 e. The summed E-state index contributed by atoms with van der Waals surface area (Å²) < 4.78 is 0. The molecule has 1 aromatic carbocycles. The van der Waals surface area contributed by atoms with Crippen LogP contribution in [-0.4, -0.2) is 30.3 Å². The summed E-state index contributed by atoms with van der Waals surface area (Å²) in [6.45, 7) is 3.48. The highest BCUT2D eigenvalue weighted by atomic mass is 35.5. The molecule has 0 unspecified atom stereocenters. The Morgan fingerprint density at radius 2 is 1.68 bits per heavy atom. The van der Waals surface area contributed by atoms with Gasteiger partial charge in [-0.1, -0.05) is 13.8 Å². The first-order chi connectivity index (χ1) is 9.81. The van der Waals surface area contributed by atoms with Gasteiger partial charge in [0.2, 0.25) is 17.7 Å². The van der Waals surface area contributed by atoms with Crippen molar-refractivity contribution in [3.05, 3.63) is 29.8 Å². The summed E-state index contributed by atoms with van der Waals surface area (Å²) in [7, 11) is 0. The molecule has 0 aromatic heterocycles. The van der Waals surface area contributed by atoms with Crippen LogP contribution in [0.1, 0.15) is 24.2 Å². The fourth-order valence-electron chi connectivity index (χ4n) is 1.51. The number of rotatable bonds is 6. The summed E-state index contributed by atoms with van der Waals surface area (Å²) in [6.07, 6.45) is 0. The van der Waals surface area contributed by atoms with Crippen LogP contribution in [0.2, 0.25) is 0 Å². The summed E-state index contributed by atoms with van der Waals surface area (Å²) in [5.41, 5.74) is 11.6. The van der Waals surface area contributed by atoms with Crippen molar-refractivity contribution in [2.45, 2.75) is 19.9 Å². The first-order valence-electron chi connectivity index (χ1n) is 6.54. The van der Waals surface area contributed by atoms with Crippen molar-refractivity contribution in [2.24, 2.45) is 17.4 Å². The molecule has 7 nitrogen and oxygen atoms in total. The molecular formula is C14H21ClN4O3. The van der Waals surface area contributed by atoms with Gasteiger partial charge < -0.3 is 22.1 Å². The third-order valence-electron chi connectivity index (χ3n) is 2.90. The normalized spacial score (nSPS) is 11.3. The molecule has 0 spiro atoms. The molecule has 0 aliphatic heterocycles. The van der Waals surface area contributed by atoms with E-state index in [0.717, 1.165) is 0 Å². The lowest BCUT2D eigenvalue weighted by molar-refractivity contribution is -0.125. The minimum absolute atomic E-state index is 0. The number of carbonyl (C=O) groups excluding carboxylic acids is 3. The van der Waals surface area contributed by atoms with Crippen LogP contribution in [0.15, 0.2) is 24.3 Å². The van der Waals surface area contributed by atoms with Crippen LogP contribution in [-0.2, 0) is 9.59 Å². The lowest BCUT2D eigenvalue weighted by Crippen LogP contribution is -2.46. The molecule has 0 saturated carbocycles. The number of nitrogens with two attached hydrogens (primary N) is 2. The Bertz CT molecular complexity index is 531. The van der Waals surface area contributed by atoms with Gasteiger partial charge in [0.05, 0.1) is 12.6 Å². The molecule has 0 bridgehead atoms. The van der Waals surface area contributed by atoms with Crippen molar-refractivity contribution in [1.82, 2.24) is 5.32 Å². The number of anilines is 1. The third-order valence-corrected chi connectivity index (χ3v) is 2.90. The second kappa shape index (κ2) is 9.01. The van der Waals surface area contributed by atoms with Gasteiger partial charge in [0.1, 0.15) is 0 Å². The van der Waals surface area contributed by atoms with Crippen molar-refractivity contribution in [3.8, 4) is 0 Å². The van der Waals surface area contributed by atoms with Crippen molar-refractivity contribution in [1.29, 1.82) is 0 Å². The number of amides is 3. The Balaban J connectivity index is 0.00000441. The zero-order valence-electron chi connectivity index (χ0n) is 12.5. The van der Waals surface area contributed by atoms with Crippen molar-refractivity contribution < 1.29 is 14.4 Å². The third kappa shape index (κ3) is 6.11. The van der Waals surface area contributed by atoms with E-state index in [-0.39, 0.29) is 36.7 Å². The van der Waals surface area contributed by atoms with Gasteiger partial charge in [-0.15, -0.1) is 12.4 Å². The van der Waals surface area contributed by atoms with E-state index in [0.29, 0.717) is 11.3 Å². The highest BCUT2D eigenvalue weighted by molar-refractivity contribution is 5.96. The second-order valence-corrected chi connectivity index (χ2v) is 4.98. The Kier molecular flexibility index (Phi) is 8.14. The fourth-order valence-corrected chi connectivity index (χ4v) is 1.51. The number of carbonyl (C=O) groups is 3. The lowest BCUT2D eigenvalue weighted by atomic mass is 10.1. The highest BCUT2D eigenvalue weighted by Gasteiger charge is 2.17. The highest BCUT2D eigenvalue weighted by Crippen LogP contribution is 2.08. The molecule has 0 saturated heterocycles. The zero-order valence-corrected chi connectivity index (χ0v) is 13.3. The number of primary amides is 1. The van der Waals surface area contributed by atoms with Crippen LogP contribution in [0.5, 0.6) is 0 Å². The Morgan fingerprint density at radius 3 is 2.14 bits per heavy atom. The Labute approximate surface area is 135 Å². The van der Waals surface area contributed by atoms with Gasteiger partial charge in [-0.3, -0.25) is 14.4 Å². The number of hydrogen-bond acceptors (Lipinski definition) is 4. The number of halogens is 1. The van der Waals surface area contributed by atoms with E-state index in [4.69, 9.17) is 11.5 Å². The quantitative estimate of drug-likeness (QED) is 0.596. The molecule has 0 fully saturated rings. The summed E-state index contributed by atoms with van der Waals surface area (Å²) >= 11 is 0. The maximum absolute atomic E-state index is 11.7. The minimum atomic E-state index is -0.646. The van der Waals surface area contributed by atoms with Crippen molar-refractivity contribution in [2.75, 3.05) is 11.9 Å². The van der Waals surface area contributed by atoms with Crippen molar-refractivity contribution >= 4 is 35.8 Å². The number of nitrogens with one attached hydrogen (secondary N) is 2. The first kappa shape index (κ1) is 19.9. The van der Waals surface area contributed by atoms with Gasteiger partial charge in [0.15, 0.2) is 0 Å². The van der Waals surface area contributed by atoms with Crippen LogP contribution in [0, 0.1) is 5.92 Å². The SMILES string of the molecule is CC(C)[C@H](N)C(=O)NCC(=O)Nc1ccc(C(N)=O)cc1.Cl. The lowest BCUT2D eigenvalue weighted by Gasteiger charge is -2.15. The molecule has 3 amide bonds. The molecule has 122 valence electrons. The van der Waals surface area contributed by atoms with Crippen molar-refractivity contribution in [3.63, 3.8) is 0 Å². The predicted octanol–water partition coefficient (Wildman–Crippen LogP) is 0.245. The minimum Gasteiger partial charge on any atom is -0.366 e. The molecular weight excluding hydrogens is 308 g/mol. The van der Waals surface area contributed by atoms with Crippen LogP contribution in [0.4, 0.5) is 5.69 Å². The van der Waals surface area contributed by atoms with E-state index in [1.807, 2.05) is 13.8 Å². The molecule has 8 heteroatoms. The monoisotopic (exact) mass is 328 g/mol. The van der Waals surface area contributed by atoms with Crippen LogP contribution in [0.3, 0.4) is 0 Å². The number of hydrogen-bond donors (Lipinski definition) is 4. The Hall–Kier alpha value is -2.12. The summed E-state index contributed by atoms with van der Waals surface area (Å²) in [4.78, 5) is 34.2. The molecule has 0 radical (unpaired) electrons. The predicted molar refractivity (Wildman–Crippen MR) is 86.7 cm³/mol. The number of benzene rings is 1. The average Bonchev–Trinajstić information content (AvgIpc) is 2.44. The molecule has 6 N–H and O–H groups in total. The van der Waals surface area contributed by atoms with E-state index >= 15 is 0 Å². The van der Waals surface area contributed by atoms with E-state index in [2.05, 4.69) is 10.6 Å². The second-order valence-electron chi connectivity index (χ2n) is 4.98. The first-order valence-corrected chi connectivity index (χ1v) is 6.54. The van der Waals surface area contributed by atoms with Gasteiger partial charge >= 0.3 is 0 Å². The molecule has 1 atom stereocenters.